The lowest BCUT2D eigenvalue weighted by molar-refractivity contribution is 0.170. The molecule has 0 unspecified atom stereocenters. The molecule has 15 heavy (non-hydrogen) atoms. The summed E-state index contributed by atoms with van der Waals surface area (Å²) >= 11 is 0. The molecule has 0 amide bonds. The first kappa shape index (κ1) is 9.85. The molecule has 0 bridgehead atoms. The molecule has 1 aromatic rings. The SMILES string of the molecule is CCc1c(CC#N)ccc2c1OCCO2. The molecule has 1 aliphatic heterocycles. The van der Waals surface area contributed by atoms with E-state index >= 15 is 0 Å². The van der Waals surface area contributed by atoms with Crippen molar-refractivity contribution in [2.45, 2.75) is 19.8 Å². The fraction of sp³-hybridized carbons (Fsp3) is 0.417. The lowest BCUT2D eigenvalue weighted by Crippen LogP contribution is -2.17. The summed E-state index contributed by atoms with van der Waals surface area (Å²) in [7, 11) is 0. The number of nitriles is 1. The van der Waals surface area contributed by atoms with Gasteiger partial charge in [-0.15, -0.1) is 0 Å². The van der Waals surface area contributed by atoms with Gasteiger partial charge in [-0.25, -0.2) is 0 Å². The molecule has 2 rings (SSSR count). The van der Waals surface area contributed by atoms with Gasteiger partial charge < -0.3 is 9.47 Å². The van der Waals surface area contributed by atoms with E-state index in [0.717, 1.165) is 29.0 Å². The Morgan fingerprint density at radius 3 is 2.87 bits per heavy atom. The molecule has 3 nitrogen and oxygen atoms in total. The summed E-state index contributed by atoms with van der Waals surface area (Å²) < 4.78 is 11.1. The highest BCUT2D eigenvalue weighted by Crippen LogP contribution is 2.36. The number of ether oxygens (including phenoxy) is 2. The largest absolute Gasteiger partial charge is 0.486 e. The van der Waals surface area contributed by atoms with E-state index in [4.69, 9.17) is 14.7 Å². The Morgan fingerprint density at radius 1 is 1.33 bits per heavy atom. The Bertz CT molecular complexity index is 407. The minimum Gasteiger partial charge on any atom is -0.486 e. The summed E-state index contributed by atoms with van der Waals surface area (Å²) in [6.45, 7) is 3.26. The van der Waals surface area contributed by atoms with E-state index in [2.05, 4.69) is 13.0 Å². The third-order valence-electron chi connectivity index (χ3n) is 2.53. The molecule has 0 atom stereocenters. The lowest BCUT2D eigenvalue weighted by atomic mass is 10.0. The zero-order valence-electron chi connectivity index (χ0n) is 8.75. The number of hydrogen-bond donors (Lipinski definition) is 0. The van der Waals surface area contributed by atoms with Gasteiger partial charge in [0.05, 0.1) is 12.5 Å². The van der Waals surface area contributed by atoms with Crippen LogP contribution in [0.5, 0.6) is 11.5 Å². The molecule has 0 spiro atoms. The van der Waals surface area contributed by atoms with E-state index in [1.54, 1.807) is 0 Å². The van der Waals surface area contributed by atoms with Crippen molar-refractivity contribution in [2.24, 2.45) is 0 Å². The molecule has 0 aromatic heterocycles. The van der Waals surface area contributed by atoms with Crippen molar-refractivity contribution < 1.29 is 9.47 Å². The van der Waals surface area contributed by atoms with Gasteiger partial charge in [-0.2, -0.15) is 5.26 Å². The molecule has 78 valence electrons. The average molecular weight is 203 g/mol. The summed E-state index contributed by atoms with van der Waals surface area (Å²) in [6.07, 6.45) is 1.30. The van der Waals surface area contributed by atoms with Crippen LogP contribution in [0.1, 0.15) is 18.1 Å². The van der Waals surface area contributed by atoms with E-state index in [9.17, 15) is 0 Å². The molecule has 1 heterocycles. The first-order valence-corrected chi connectivity index (χ1v) is 5.14. The molecule has 0 saturated heterocycles. The first-order valence-electron chi connectivity index (χ1n) is 5.14. The van der Waals surface area contributed by atoms with Crippen LogP contribution in [0.3, 0.4) is 0 Å². The van der Waals surface area contributed by atoms with Gasteiger partial charge in [-0.3, -0.25) is 0 Å². The number of fused-ring (bicyclic) bond motifs is 1. The van der Waals surface area contributed by atoms with Gasteiger partial charge in [-0.05, 0) is 18.1 Å². The van der Waals surface area contributed by atoms with Gasteiger partial charge in [0.15, 0.2) is 11.5 Å². The highest BCUT2D eigenvalue weighted by atomic mass is 16.6. The maximum absolute atomic E-state index is 8.72. The van der Waals surface area contributed by atoms with Crippen LogP contribution in [0.25, 0.3) is 0 Å². The Kier molecular flexibility index (Phi) is 2.77. The van der Waals surface area contributed by atoms with Crippen molar-refractivity contribution >= 4 is 0 Å². The molecular formula is C12H13NO2. The highest BCUT2D eigenvalue weighted by Gasteiger charge is 2.17. The van der Waals surface area contributed by atoms with Crippen molar-refractivity contribution in [3.63, 3.8) is 0 Å². The van der Waals surface area contributed by atoms with E-state index in [-0.39, 0.29) is 0 Å². The highest BCUT2D eigenvalue weighted by molar-refractivity contribution is 5.52. The normalized spacial score (nSPS) is 13.3. The van der Waals surface area contributed by atoms with Crippen molar-refractivity contribution in [1.82, 2.24) is 0 Å². The summed E-state index contributed by atoms with van der Waals surface area (Å²) in [6, 6.07) is 6.01. The monoisotopic (exact) mass is 203 g/mol. The molecule has 0 fully saturated rings. The minimum absolute atomic E-state index is 0.430. The van der Waals surface area contributed by atoms with Crippen molar-refractivity contribution in [2.75, 3.05) is 13.2 Å². The Morgan fingerprint density at radius 2 is 2.13 bits per heavy atom. The fourth-order valence-electron chi connectivity index (χ4n) is 1.85. The second-order valence-corrected chi connectivity index (χ2v) is 3.42. The van der Waals surface area contributed by atoms with E-state index in [1.165, 1.54) is 0 Å². The smallest absolute Gasteiger partial charge is 0.164 e. The molecular weight excluding hydrogens is 190 g/mol. The number of benzene rings is 1. The predicted octanol–water partition coefficient (Wildman–Crippen LogP) is 2.09. The van der Waals surface area contributed by atoms with Crippen LogP contribution in [0.2, 0.25) is 0 Å². The van der Waals surface area contributed by atoms with Gasteiger partial charge >= 0.3 is 0 Å². The van der Waals surface area contributed by atoms with Crippen LogP contribution in [-0.2, 0) is 12.8 Å². The Balaban J connectivity index is 2.47. The Labute approximate surface area is 89.2 Å². The van der Waals surface area contributed by atoms with Crippen molar-refractivity contribution in [3.8, 4) is 17.6 Å². The molecule has 0 aliphatic carbocycles. The molecule has 0 saturated carbocycles. The third-order valence-corrected chi connectivity index (χ3v) is 2.53. The zero-order chi connectivity index (χ0) is 10.7. The molecule has 1 aliphatic rings. The summed E-state index contributed by atoms with van der Waals surface area (Å²) in [5, 5.41) is 8.72. The average Bonchev–Trinajstić information content (AvgIpc) is 2.29. The molecule has 0 N–H and O–H groups in total. The molecule has 1 aromatic carbocycles. The van der Waals surface area contributed by atoms with Crippen LogP contribution >= 0.6 is 0 Å². The fourth-order valence-corrected chi connectivity index (χ4v) is 1.85. The van der Waals surface area contributed by atoms with E-state index in [0.29, 0.717) is 19.6 Å². The van der Waals surface area contributed by atoms with Gasteiger partial charge in [-0.1, -0.05) is 13.0 Å². The first-order chi connectivity index (χ1) is 7.36. The number of hydrogen-bond acceptors (Lipinski definition) is 3. The van der Waals surface area contributed by atoms with Crippen LogP contribution in [-0.4, -0.2) is 13.2 Å². The molecule has 0 radical (unpaired) electrons. The van der Waals surface area contributed by atoms with Crippen LogP contribution in [0.4, 0.5) is 0 Å². The van der Waals surface area contributed by atoms with E-state index < -0.39 is 0 Å². The number of nitrogens with zero attached hydrogens (tertiary/aromatic N) is 1. The standard InChI is InChI=1S/C12H13NO2/c1-2-10-9(5-6-13)3-4-11-12(10)15-8-7-14-11/h3-4H,2,5,7-8H2,1H3. The summed E-state index contributed by atoms with van der Waals surface area (Å²) in [5.41, 5.74) is 2.15. The Hall–Kier alpha value is -1.69. The predicted molar refractivity (Wildman–Crippen MR) is 56.1 cm³/mol. The van der Waals surface area contributed by atoms with Crippen LogP contribution in [0.15, 0.2) is 12.1 Å². The van der Waals surface area contributed by atoms with Gasteiger partial charge in [0.2, 0.25) is 0 Å². The van der Waals surface area contributed by atoms with Gasteiger partial charge in [0, 0.05) is 5.56 Å². The summed E-state index contributed by atoms with van der Waals surface area (Å²) in [5.74, 6) is 1.64. The van der Waals surface area contributed by atoms with Gasteiger partial charge in [0.1, 0.15) is 13.2 Å². The third kappa shape index (κ3) is 1.75. The van der Waals surface area contributed by atoms with Gasteiger partial charge in [0.25, 0.3) is 0 Å². The molecule has 3 heteroatoms. The summed E-state index contributed by atoms with van der Waals surface area (Å²) in [4.78, 5) is 0. The van der Waals surface area contributed by atoms with Crippen molar-refractivity contribution in [1.29, 1.82) is 5.26 Å². The van der Waals surface area contributed by atoms with Crippen molar-refractivity contribution in [3.05, 3.63) is 23.3 Å². The quantitative estimate of drug-likeness (QED) is 0.739. The second kappa shape index (κ2) is 4.22. The lowest BCUT2D eigenvalue weighted by Gasteiger charge is -2.22. The number of rotatable bonds is 2. The minimum atomic E-state index is 0.430. The maximum Gasteiger partial charge on any atom is 0.164 e. The topological polar surface area (TPSA) is 42.2 Å². The van der Waals surface area contributed by atoms with Crippen LogP contribution in [0, 0.1) is 11.3 Å². The second-order valence-electron chi connectivity index (χ2n) is 3.42. The maximum atomic E-state index is 8.72. The van der Waals surface area contributed by atoms with E-state index in [1.807, 2.05) is 12.1 Å². The van der Waals surface area contributed by atoms with Crippen LogP contribution < -0.4 is 9.47 Å². The zero-order valence-corrected chi connectivity index (χ0v) is 8.75.